The fourth-order valence-corrected chi connectivity index (χ4v) is 3.54. The van der Waals surface area contributed by atoms with Gasteiger partial charge in [0.1, 0.15) is 5.82 Å². The standard InChI is InChI=1S/C15H23N3S/c1-4-8-18-9-7-17-14(18)11-13(16-3)15-12(5-2)6-10-19-15/h6-7,9-10,13,16H,4-5,8,11H2,1-3H3. The second kappa shape index (κ2) is 6.87. The lowest BCUT2D eigenvalue weighted by atomic mass is 10.1. The molecule has 2 rings (SSSR count). The molecule has 0 saturated carbocycles. The monoisotopic (exact) mass is 277 g/mol. The van der Waals surface area contributed by atoms with E-state index < -0.39 is 0 Å². The summed E-state index contributed by atoms with van der Waals surface area (Å²) >= 11 is 1.85. The van der Waals surface area contributed by atoms with Crippen LogP contribution in [0.15, 0.2) is 23.8 Å². The van der Waals surface area contributed by atoms with Crippen molar-refractivity contribution in [2.45, 2.75) is 45.7 Å². The summed E-state index contributed by atoms with van der Waals surface area (Å²) in [5.41, 5.74) is 1.46. The molecule has 0 aromatic carbocycles. The number of nitrogens with one attached hydrogen (secondary N) is 1. The van der Waals surface area contributed by atoms with Gasteiger partial charge in [-0.2, -0.15) is 0 Å². The van der Waals surface area contributed by atoms with Crippen LogP contribution in [-0.2, 0) is 19.4 Å². The molecule has 19 heavy (non-hydrogen) atoms. The van der Waals surface area contributed by atoms with Crippen LogP contribution >= 0.6 is 11.3 Å². The van der Waals surface area contributed by atoms with Crippen molar-refractivity contribution >= 4 is 11.3 Å². The van der Waals surface area contributed by atoms with Gasteiger partial charge in [-0.05, 0) is 36.9 Å². The molecule has 0 radical (unpaired) electrons. The van der Waals surface area contributed by atoms with Crippen molar-refractivity contribution in [3.05, 3.63) is 40.1 Å². The average Bonchev–Trinajstić information content (AvgIpc) is 3.05. The number of nitrogens with zero attached hydrogens (tertiary/aromatic N) is 2. The molecule has 4 heteroatoms. The van der Waals surface area contributed by atoms with E-state index in [1.165, 1.54) is 16.3 Å². The van der Waals surface area contributed by atoms with Crippen molar-refractivity contribution in [3.63, 3.8) is 0 Å². The number of aryl methyl sites for hydroxylation is 2. The zero-order valence-corrected chi connectivity index (χ0v) is 12.8. The first-order valence-corrected chi connectivity index (χ1v) is 7.91. The fourth-order valence-electron chi connectivity index (χ4n) is 2.43. The molecule has 2 aromatic rings. The quantitative estimate of drug-likeness (QED) is 0.840. The van der Waals surface area contributed by atoms with Gasteiger partial charge in [-0.25, -0.2) is 4.98 Å². The van der Waals surface area contributed by atoms with Crippen molar-refractivity contribution in [1.82, 2.24) is 14.9 Å². The van der Waals surface area contributed by atoms with Crippen LogP contribution in [0.25, 0.3) is 0 Å². The Morgan fingerprint density at radius 1 is 1.42 bits per heavy atom. The maximum Gasteiger partial charge on any atom is 0.110 e. The second-order valence-electron chi connectivity index (χ2n) is 4.75. The third-order valence-electron chi connectivity index (χ3n) is 3.48. The van der Waals surface area contributed by atoms with Crippen LogP contribution in [0.2, 0.25) is 0 Å². The highest BCUT2D eigenvalue weighted by Crippen LogP contribution is 2.27. The summed E-state index contributed by atoms with van der Waals surface area (Å²) in [7, 11) is 2.04. The summed E-state index contributed by atoms with van der Waals surface area (Å²) < 4.78 is 2.27. The Morgan fingerprint density at radius 2 is 2.26 bits per heavy atom. The molecule has 1 unspecified atom stereocenters. The van der Waals surface area contributed by atoms with Gasteiger partial charge in [0.15, 0.2) is 0 Å². The van der Waals surface area contributed by atoms with Gasteiger partial charge in [-0.1, -0.05) is 13.8 Å². The van der Waals surface area contributed by atoms with Gasteiger partial charge in [-0.3, -0.25) is 0 Å². The third-order valence-corrected chi connectivity index (χ3v) is 4.55. The van der Waals surface area contributed by atoms with Crippen molar-refractivity contribution in [2.24, 2.45) is 0 Å². The van der Waals surface area contributed by atoms with E-state index in [-0.39, 0.29) is 0 Å². The zero-order chi connectivity index (χ0) is 13.7. The van der Waals surface area contributed by atoms with Crippen LogP contribution in [0.1, 0.15) is 42.6 Å². The van der Waals surface area contributed by atoms with Crippen LogP contribution in [0, 0.1) is 0 Å². The Labute approximate surface area is 119 Å². The SMILES string of the molecule is CCCn1ccnc1CC(NC)c1sccc1CC. The molecule has 0 saturated heterocycles. The molecule has 2 aromatic heterocycles. The van der Waals surface area contributed by atoms with Gasteiger partial charge in [0.05, 0.1) is 0 Å². The number of aromatic nitrogens is 2. The summed E-state index contributed by atoms with van der Waals surface area (Å²) in [6.07, 6.45) is 7.19. The van der Waals surface area contributed by atoms with E-state index in [0.29, 0.717) is 6.04 Å². The van der Waals surface area contributed by atoms with Gasteiger partial charge < -0.3 is 9.88 Å². The predicted octanol–water partition coefficient (Wildman–Crippen LogP) is 3.42. The van der Waals surface area contributed by atoms with Crippen LogP contribution in [0.5, 0.6) is 0 Å². The Bertz CT molecular complexity index is 501. The first-order chi connectivity index (χ1) is 9.30. The average molecular weight is 277 g/mol. The number of thiophene rings is 1. The molecule has 104 valence electrons. The number of hydrogen-bond acceptors (Lipinski definition) is 3. The molecular formula is C15H23N3S. The normalized spacial score (nSPS) is 12.8. The highest BCUT2D eigenvalue weighted by atomic mass is 32.1. The molecule has 1 N–H and O–H groups in total. The second-order valence-corrected chi connectivity index (χ2v) is 5.69. The molecule has 1 atom stereocenters. The van der Waals surface area contributed by atoms with Crippen molar-refractivity contribution < 1.29 is 0 Å². The molecule has 0 fully saturated rings. The first kappa shape index (κ1) is 14.3. The maximum atomic E-state index is 4.52. The Balaban J connectivity index is 2.17. The van der Waals surface area contributed by atoms with Crippen LogP contribution < -0.4 is 5.32 Å². The highest BCUT2D eigenvalue weighted by molar-refractivity contribution is 7.10. The number of hydrogen-bond donors (Lipinski definition) is 1. The minimum atomic E-state index is 0.368. The molecule has 0 bridgehead atoms. The minimum Gasteiger partial charge on any atom is -0.335 e. The van der Waals surface area contributed by atoms with E-state index in [4.69, 9.17) is 0 Å². The Morgan fingerprint density at radius 3 is 2.95 bits per heavy atom. The predicted molar refractivity (Wildman–Crippen MR) is 81.7 cm³/mol. The lowest BCUT2D eigenvalue weighted by Crippen LogP contribution is -2.21. The minimum absolute atomic E-state index is 0.368. The van der Waals surface area contributed by atoms with Gasteiger partial charge >= 0.3 is 0 Å². The molecule has 0 spiro atoms. The zero-order valence-electron chi connectivity index (χ0n) is 12.0. The van der Waals surface area contributed by atoms with E-state index in [0.717, 1.165) is 25.8 Å². The van der Waals surface area contributed by atoms with Gasteiger partial charge in [0.25, 0.3) is 0 Å². The van der Waals surface area contributed by atoms with E-state index in [1.807, 2.05) is 24.6 Å². The van der Waals surface area contributed by atoms with Crippen LogP contribution in [0.4, 0.5) is 0 Å². The first-order valence-electron chi connectivity index (χ1n) is 7.03. The molecule has 0 amide bonds. The summed E-state index contributed by atoms with van der Waals surface area (Å²) in [4.78, 5) is 5.97. The van der Waals surface area contributed by atoms with Crippen molar-refractivity contribution in [1.29, 1.82) is 0 Å². The maximum absolute atomic E-state index is 4.52. The van der Waals surface area contributed by atoms with E-state index in [2.05, 4.69) is 46.4 Å². The topological polar surface area (TPSA) is 29.9 Å². The third kappa shape index (κ3) is 3.25. The van der Waals surface area contributed by atoms with Gasteiger partial charge in [0, 0.05) is 36.3 Å². The van der Waals surface area contributed by atoms with E-state index in [9.17, 15) is 0 Å². The van der Waals surface area contributed by atoms with Gasteiger partial charge in [-0.15, -0.1) is 11.3 Å². The number of rotatable bonds is 7. The summed E-state index contributed by atoms with van der Waals surface area (Å²) in [6.45, 7) is 5.47. The Kier molecular flexibility index (Phi) is 5.16. The highest BCUT2D eigenvalue weighted by Gasteiger charge is 2.17. The number of likely N-dealkylation sites (N-methyl/N-ethyl adjacent to an activating group) is 1. The number of imidazole rings is 1. The Hall–Kier alpha value is -1.13. The van der Waals surface area contributed by atoms with E-state index in [1.54, 1.807) is 0 Å². The van der Waals surface area contributed by atoms with Crippen molar-refractivity contribution in [3.8, 4) is 0 Å². The largest absolute Gasteiger partial charge is 0.335 e. The molecule has 0 aliphatic heterocycles. The van der Waals surface area contributed by atoms with Crippen molar-refractivity contribution in [2.75, 3.05) is 7.05 Å². The van der Waals surface area contributed by atoms with Crippen LogP contribution in [-0.4, -0.2) is 16.6 Å². The molecule has 0 aliphatic carbocycles. The summed E-state index contributed by atoms with van der Waals surface area (Å²) in [5.74, 6) is 1.18. The fraction of sp³-hybridized carbons (Fsp3) is 0.533. The molecule has 3 nitrogen and oxygen atoms in total. The van der Waals surface area contributed by atoms with Crippen LogP contribution in [0.3, 0.4) is 0 Å². The summed E-state index contributed by atoms with van der Waals surface area (Å²) in [6, 6.07) is 2.61. The summed E-state index contributed by atoms with van der Waals surface area (Å²) in [5, 5.41) is 5.64. The molecule has 0 aliphatic rings. The smallest absolute Gasteiger partial charge is 0.110 e. The van der Waals surface area contributed by atoms with Gasteiger partial charge in [0.2, 0.25) is 0 Å². The lowest BCUT2D eigenvalue weighted by Gasteiger charge is -2.17. The molecular weight excluding hydrogens is 254 g/mol. The molecule has 2 heterocycles. The van der Waals surface area contributed by atoms with E-state index >= 15 is 0 Å². The lowest BCUT2D eigenvalue weighted by molar-refractivity contribution is 0.547.